The number of benzene rings is 2. The number of aryl methyl sites for hydroxylation is 1. The maximum Gasteiger partial charge on any atom is 0.263 e. The molecule has 134 valence electrons. The smallest absolute Gasteiger partial charge is 0.263 e. The van der Waals surface area contributed by atoms with Crippen molar-refractivity contribution in [2.45, 2.75) is 13.3 Å². The highest BCUT2D eigenvalue weighted by molar-refractivity contribution is 8.26. The van der Waals surface area contributed by atoms with Gasteiger partial charge in [0.25, 0.3) is 5.91 Å². The molecule has 1 aliphatic heterocycles. The maximum absolute atomic E-state index is 11.8. The second-order valence-electron chi connectivity index (χ2n) is 5.71. The highest BCUT2D eigenvalue weighted by Gasteiger charge is 2.22. The molecule has 0 radical (unpaired) electrons. The van der Waals surface area contributed by atoms with Crippen molar-refractivity contribution in [1.82, 2.24) is 5.32 Å². The van der Waals surface area contributed by atoms with Crippen LogP contribution < -0.4 is 14.8 Å². The number of carbonyl (C=O) groups excluding carboxylic acids is 1. The molecule has 0 spiro atoms. The van der Waals surface area contributed by atoms with Gasteiger partial charge in [-0.1, -0.05) is 60.4 Å². The number of thiocarbonyl (C=S) groups is 1. The fraction of sp³-hybridized carbons (Fsp3) is 0.200. The largest absolute Gasteiger partial charge is 0.493 e. The van der Waals surface area contributed by atoms with Gasteiger partial charge in [0.15, 0.2) is 0 Å². The molecule has 1 saturated heterocycles. The lowest BCUT2D eigenvalue weighted by atomic mass is 10.2. The van der Waals surface area contributed by atoms with Gasteiger partial charge in [0.2, 0.25) is 0 Å². The van der Waals surface area contributed by atoms with Gasteiger partial charge in [-0.05, 0) is 30.7 Å². The zero-order valence-electron chi connectivity index (χ0n) is 14.4. The van der Waals surface area contributed by atoms with Crippen LogP contribution in [-0.4, -0.2) is 23.4 Å². The van der Waals surface area contributed by atoms with Crippen LogP contribution in [0.3, 0.4) is 0 Å². The van der Waals surface area contributed by atoms with E-state index < -0.39 is 0 Å². The third-order valence-electron chi connectivity index (χ3n) is 3.75. The molecule has 0 aromatic heterocycles. The van der Waals surface area contributed by atoms with E-state index in [9.17, 15) is 4.79 Å². The minimum atomic E-state index is -0.165. The third-order valence-corrected chi connectivity index (χ3v) is 4.91. The Morgan fingerprint density at radius 1 is 1.04 bits per heavy atom. The summed E-state index contributed by atoms with van der Waals surface area (Å²) in [6.45, 7) is 3.14. The van der Waals surface area contributed by atoms with Crippen molar-refractivity contribution in [3.8, 4) is 11.5 Å². The SMILES string of the molecule is Cc1ccccc1OCCCOc1ccccc1/C=C1\SC(=S)NC1=O. The molecular weight excluding hydrogens is 366 g/mol. The van der Waals surface area contributed by atoms with E-state index in [2.05, 4.69) is 5.32 Å². The normalized spacial score (nSPS) is 15.2. The summed E-state index contributed by atoms with van der Waals surface area (Å²) >= 11 is 6.28. The molecule has 0 bridgehead atoms. The van der Waals surface area contributed by atoms with E-state index in [0.29, 0.717) is 22.4 Å². The fourth-order valence-electron chi connectivity index (χ4n) is 2.44. The van der Waals surface area contributed by atoms with E-state index in [-0.39, 0.29) is 5.91 Å². The molecule has 26 heavy (non-hydrogen) atoms. The molecule has 2 aromatic carbocycles. The van der Waals surface area contributed by atoms with E-state index >= 15 is 0 Å². The zero-order chi connectivity index (χ0) is 18.4. The summed E-state index contributed by atoms with van der Waals surface area (Å²) in [7, 11) is 0. The van der Waals surface area contributed by atoms with E-state index in [1.807, 2.05) is 55.5 Å². The van der Waals surface area contributed by atoms with Gasteiger partial charge >= 0.3 is 0 Å². The molecule has 1 aliphatic rings. The van der Waals surface area contributed by atoms with Crippen molar-refractivity contribution in [2.75, 3.05) is 13.2 Å². The molecule has 0 saturated carbocycles. The summed E-state index contributed by atoms with van der Waals surface area (Å²) in [6, 6.07) is 15.6. The molecule has 0 aliphatic carbocycles. The van der Waals surface area contributed by atoms with E-state index in [0.717, 1.165) is 29.0 Å². The first kappa shape index (κ1) is 18.5. The average Bonchev–Trinajstić information content (AvgIpc) is 2.94. The molecule has 1 fully saturated rings. The molecule has 6 heteroatoms. The Balaban J connectivity index is 1.54. The quantitative estimate of drug-likeness (QED) is 0.437. The van der Waals surface area contributed by atoms with Crippen LogP contribution in [0.1, 0.15) is 17.5 Å². The van der Waals surface area contributed by atoms with Crippen LogP contribution in [0, 0.1) is 6.92 Å². The van der Waals surface area contributed by atoms with Crippen LogP contribution in [0.15, 0.2) is 53.4 Å². The minimum absolute atomic E-state index is 0.165. The van der Waals surface area contributed by atoms with Gasteiger partial charge in [-0.15, -0.1) is 0 Å². The van der Waals surface area contributed by atoms with Gasteiger partial charge in [0, 0.05) is 12.0 Å². The van der Waals surface area contributed by atoms with Gasteiger partial charge < -0.3 is 14.8 Å². The molecule has 1 amide bonds. The minimum Gasteiger partial charge on any atom is -0.493 e. The summed E-state index contributed by atoms with van der Waals surface area (Å²) in [5.41, 5.74) is 1.98. The molecule has 3 rings (SSSR count). The number of hydrogen-bond acceptors (Lipinski definition) is 5. The zero-order valence-corrected chi connectivity index (χ0v) is 16.0. The number of rotatable bonds is 7. The molecule has 2 aromatic rings. The summed E-state index contributed by atoms with van der Waals surface area (Å²) in [4.78, 5) is 12.4. The monoisotopic (exact) mass is 385 g/mol. The molecular formula is C20H19NO3S2. The number of thioether (sulfide) groups is 1. The van der Waals surface area contributed by atoms with Crippen molar-refractivity contribution >= 4 is 40.3 Å². The lowest BCUT2D eigenvalue weighted by molar-refractivity contribution is -0.115. The molecule has 1 heterocycles. The van der Waals surface area contributed by atoms with Gasteiger partial charge in [0.05, 0.1) is 18.1 Å². The third kappa shape index (κ3) is 4.86. The number of para-hydroxylation sites is 2. The van der Waals surface area contributed by atoms with Gasteiger partial charge in [0.1, 0.15) is 15.8 Å². The summed E-state index contributed by atoms with van der Waals surface area (Å²) in [5.74, 6) is 1.47. The van der Waals surface area contributed by atoms with Crippen LogP contribution in [0.25, 0.3) is 6.08 Å². The van der Waals surface area contributed by atoms with Gasteiger partial charge in [-0.3, -0.25) is 4.79 Å². The van der Waals surface area contributed by atoms with Crippen molar-refractivity contribution in [3.63, 3.8) is 0 Å². The van der Waals surface area contributed by atoms with Crippen molar-refractivity contribution < 1.29 is 14.3 Å². The van der Waals surface area contributed by atoms with Crippen molar-refractivity contribution in [3.05, 3.63) is 64.6 Å². The second-order valence-corrected chi connectivity index (χ2v) is 7.42. The lowest BCUT2D eigenvalue weighted by Crippen LogP contribution is -2.17. The standard InChI is InChI=1S/C20H19NO3S2/c1-14-7-2-4-9-16(14)23-11-6-12-24-17-10-5-3-8-15(17)13-18-19(22)21-20(25)26-18/h2-5,7-10,13H,6,11-12H2,1H3,(H,21,22,25)/b18-13-. The molecule has 1 N–H and O–H groups in total. The fourth-order valence-corrected chi connectivity index (χ4v) is 3.47. The number of carbonyl (C=O) groups is 1. The first-order valence-corrected chi connectivity index (χ1v) is 9.51. The number of nitrogens with one attached hydrogen (secondary N) is 1. The Morgan fingerprint density at radius 2 is 1.69 bits per heavy atom. The van der Waals surface area contributed by atoms with Crippen LogP contribution in [0.4, 0.5) is 0 Å². The Bertz CT molecular complexity index is 848. The Morgan fingerprint density at radius 3 is 2.38 bits per heavy atom. The van der Waals surface area contributed by atoms with Crippen LogP contribution >= 0.6 is 24.0 Å². The van der Waals surface area contributed by atoms with Gasteiger partial charge in [-0.25, -0.2) is 0 Å². The Hall–Kier alpha value is -2.31. The number of amides is 1. The summed E-state index contributed by atoms with van der Waals surface area (Å²) in [5, 5.41) is 2.62. The van der Waals surface area contributed by atoms with Crippen molar-refractivity contribution in [2.24, 2.45) is 0 Å². The van der Waals surface area contributed by atoms with Crippen LogP contribution in [-0.2, 0) is 4.79 Å². The van der Waals surface area contributed by atoms with E-state index in [4.69, 9.17) is 21.7 Å². The average molecular weight is 386 g/mol. The topological polar surface area (TPSA) is 47.6 Å². The molecule has 0 unspecified atom stereocenters. The summed E-state index contributed by atoms with van der Waals surface area (Å²) in [6.07, 6.45) is 2.57. The van der Waals surface area contributed by atoms with E-state index in [1.165, 1.54) is 11.8 Å². The van der Waals surface area contributed by atoms with E-state index in [1.54, 1.807) is 6.08 Å². The maximum atomic E-state index is 11.8. The molecule has 4 nitrogen and oxygen atoms in total. The Kier molecular flexibility index (Phi) is 6.30. The first-order valence-electron chi connectivity index (χ1n) is 8.28. The highest BCUT2D eigenvalue weighted by Crippen LogP contribution is 2.29. The predicted octanol–water partition coefficient (Wildman–Crippen LogP) is 4.33. The van der Waals surface area contributed by atoms with Crippen LogP contribution in [0.2, 0.25) is 0 Å². The Labute approximate surface area is 162 Å². The second kappa shape index (κ2) is 8.87. The van der Waals surface area contributed by atoms with Gasteiger partial charge in [-0.2, -0.15) is 0 Å². The van der Waals surface area contributed by atoms with Crippen LogP contribution in [0.5, 0.6) is 11.5 Å². The first-order chi connectivity index (χ1) is 12.6. The predicted molar refractivity (Wildman–Crippen MR) is 110 cm³/mol. The summed E-state index contributed by atoms with van der Waals surface area (Å²) < 4.78 is 12.1. The number of hydrogen-bond donors (Lipinski definition) is 1. The number of ether oxygens (including phenoxy) is 2. The van der Waals surface area contributed by atoms with Crippen molar-refractivity contribution in [1.29, 1.82) is 0 Å². The lowest BCUT2D eigenvalue weighted by Gasteiger charge is -2.11. The highest BCUT2D eigenvalue weighted by atomic mass is 32.2. The molecule has 0 atom stereocenters.